The highest BCUT2D eigenvalue weighted by Gasteiger charge is 2.50. The number of hydrogen-bond acceptors (Lipinski definition) is 4. The van der Waals surface area contributed by atoms with Gasteiger partial charge in [-0.2, -0.15) is 5.26 Å². The summed E-state index contributed by atoms with van der Waals surface area (Å²) in [5.41, 5.74) is 0.605. The van der Waals surface area contributed by atoms with Crippen LogP contribution in [0.4, 0.5) is 10.5 Å². The molecule has 0 saturated carbocycles. The van der Waals surface area contributed by atoms with Crippen molar-refractivity contribution < 1.29 is 9.53 Å². The number of methoxy groups -OCH3 is 1. The number of benzene rings is 1. The van der Waals surface area contributed by atoms with Gasteiger partial charge in [0.05, 0.1) is 24.2 Å². The molecule has 1 saturated heterocycles. The van der Waals surface area contributed by atoms with Crippen molar-refractivity contribution in [2.24, 2.45) is 5.92 Å². The molecule has 0 aromatic heterocycles. The summed E-state index contributed by atoms with van der Waals surface area (Å²) in [5.74, 6) is 0.850. The van der Waals surface area contributed by atoms with E-state index in [1.165, 1.54) is 0 Å². The van der Waals surface area contributed by atoms with E-state index in [-0.39, 0.29) is 22.1 Å². The first-order valence-electron chi connectivity index (χ1n) is 7.61. The van der Waals surface area contributed by atoms with Crippen LogP contribution in [0.15, 0.2) is 24.3 Å². The molecule has 1 fully saturated rings. The van der Waals surface area contributed by atoms with E-state index in [1.807, 2.05) is 26.0 Å². The smallest absolute Gasteiger partial charge is 0.323 e. The number of carbonyl (C=O) groups is 1. The van der Waals surface area contributed by atoms with Gasteiger partial charge in [-0.25, -0.2) is 4.79 Å². The number of anilines is 1. The van der Waals surface area contributed by atoms with Gasteiger partial charge in [0.1, 0.15) is 11.8 Å². The molecule has 0 spiro atoms. The Bertz CT molecular complexity index is 625. The van der Waals surface area contributed by atoms with Crippen LogP contribution in [0.2, 0.25) is 0 Å². The average molecular weight is 333 g/mol. The molecule has 6 heteroatoms. The number of rotatable bonds is 3. The molecule has 1 aliphatic heterocycles. The van der Waals surface area contributed by atoms with Crippen molar-refractivity contribution in [3.05, 3.63) is 24.3 Å². The highest BCUT2D eigenvalue weighted by molar-refractivity contribution is 8.01. The highest BCUT2D eigenvalue weighted by atomic mass is 32.2. The summed E-state index contributed by atoms with van der Waals surface area (Å²) in [6, 6.07) is 8.82. The van der Waals surface area contributed by atoms with E-state index in [2.05, 4.69) is 25.2 Å². The topological polar surface area (TPSA) is 65.4 Å². The number of nitrogens with one attached hydrogen (secondary N) is 1. The molecule has 5 nitrogen and oxygen atoms in total. The van der Waals surface area contributed by atoms with Gasteiger partial charge in [-0.05, 0) is 31.9 Å². The molecule has 2 rings (SSSR count). The predicted molar refractivity (Wildman–Crippen MR) is 93.5 cm³/mol. The van der Waals surface area contributed by atoms with Crippen LogP contribution in [0.3, 0.4) is 0 Å². The Labute approximate surface area is 142 Å². The van der Waals surface area contributed by atoms with Crippen molar-refractivity contribution in [1.29, 1.82) is 5.26 Å². The fourth-order valence-corrected chi connectivity index (χ4v) is 4.27. The van der Waals surface area contributed by atoms with E-state index in [0.29, 0.717) is 11.4 Å². The van der Waals surface area contributed by atoms with Crippen LogP contribution < -0.4 is 10.1 Å². The summed E-state index contributed by atoms with van der Waals surface area (Å²) in [6.45, 7) is 8.16. The molecular formula is C17H23N3O2S. The fraction of sp³-hybridized carbons (Fsp3) is 0.529. The van der Waals surface area contributed by atoms with Crippen LogP contribution in [-0.2, 0) is 0 Å². The quantitative estimate of drug-likeness (QED) is 0.910. The minimum atomic E-state index is -0.477. The number of carbonyl (C=O) groups excluding carboxylic acids is 1. The minimum absolute atomic E-state index is 0.0376. The molecule has 1 heterocycles. The third-order valence-corrected chi connectivity index (χ3v) is 5.75. The normalized spacial score (nSPS) is 22.7. The van der Waals surface area contributed by atoms with Gasteiger partial charge in [0.25, 0.3) is 0 Å². The summed E-state index contributed by atoms with van der Waals surface area (Å²) in [4.78, 5) is 14.5. The lowest BCUT2D eigenvalue weighted by atomic mass is 10.0. The summed E-state index contributed by atoms with van der Waals surface area (Å²) in [7, 11) is 1.56. The number of para-hydroxylation sites is 2. The van der Waals surface area contributed by atoms with Gasteiger partial charge in [-0.1, -0.05) is 26.0 Å². The molecule has 0 radical (unpaired) electrons. The standard InChI is InChI=1S/C17H23N3O2S/c1-11(2)15-20(14(10-18)17(3,4)23-15)16(21)19-12-8-6-7-9-13(12)22-5/h6-9,11,14-15H,1-5H3,(H,19,21). The summed E-state index contributed by atoms with van der Waals surface area (Å²) in [5, 5.41) is 12.4. The van der Waals surface area contributed by atoms with Crippen molar-refractivity contribution >= 4 is 23.5 Å². The summed E-state index contributed by atoms with van der Waals surface area (Å²) < 4.78 is 4.97. The Kier molecular flexibility index (Phi) is 5.10. The van der Waals surface area contributed by atoms with E-state index in [0.717, 1.165) is 0 Å². The van der Waals surface area contributed by atoms with Crippen molar-refractivity contribution in [2.75, 3.05) is 12.4 Å². The molecule has 23 heavy (non-hydrogen) atoms. The monoisotopic (exact) mass is 333 g/mol. The van der Waals surface area contributed by atoms with Crippen LogP contribution >= 0.6 is 11.8 Å². The molecule has 2 atom stereocenters. The summed E-state index contributed by atoms with van der Waals surface area (Å²) >= 11 is 1.68. The van der Waals surface area contributed by atoms with E-state index in [4.69, 9.17) is 4.74 Å². The SMILES string of the molecule is COc1ccccc1NC(=O)N1C(C(C)C)SC(C)(C)C1C#N. The maximum atomic E-state index is 12.8. The Morgan fingerprint density at radius 1 is 1.43 bits per heavy atom. The lowest BCUT2D eigenvalue weighted by molar-refractivity contribution is 0.184. The van der Waals surface area contributed by atoms with Gasteiger partial charge < -0.3 is 10.1 Å². The average Bonchev–Trinajstić information content (AvgIpc) is 2.78. The van der Waals surface area contributed by atoms with E-state index >= 15 is 0 Å². The van der Waals surface area contributed by atoms with Crippen LogP contribution in [-0.4, -0.2) is 34.2 Å². The number of nitriles is 1. The third-order valence-electron chi connectivity index (χ3n) is 3.91. The maximum Gasteiger partial charge on any atom is 0.323 e. The number of thioether (sulfide) groups is 1. The number of nitrogens with zero attached hydrogens (tertiary/aromatic N) is 2. The van der Waals surface area contributed by atoms with Gasteiger partial charge in [-0.15, -0.1) is 11.8 Å². The van der Waals surface area contributed by atoms with Crippen LogP contribution in [0, 0.1) is 17.2 Å². The molecule has 0 aliphatic carbocycles. The van der Waals surface area contributed by atoms with Crippen molar-refractivity contribution in [3.63, 3.8) is 0 Å². The van der Waals surface area contributed by atoms with Gasteiger partial charge >= 0.3 is 6.03 Å². The molecule has 2 amide bonds. The number of ether oxygens (including phenoxy) is 1. The Morgan fingerprint density at radius 2 is 2.09 bits per heavy atom. The maximum absolute atomic E-state index is 12.8. The summed E-state index contributed by atoms with van der Waals surface area (Å²) in [6.07, 6.45) is 0. The second-order valence-corrected chi connectivity index (χ2v) is 8.20. The lowest BCUT2D eigenvalue weighted by Crippen LogP contribution is -2.48. The molecule has 1 N–H and O–H groups in total. The van der Waals surface area contributed by atoms with Gasteiger partial charge in [-0.3, -0.25) is 4.90 Å². The second-order valence-electron chi connectivity index (χ2n) is 6.43. The van der Waals surface area contributed by atoms with E-state index in [1.54, 1.807) is 35.9 Å². The zero-order chi connectivity index (χ0) is 17.2. The minimum Gasteiger partial charge on any atom is -0.495 e. The van der Waals surface area contributed by atoms with Crippen LogP contribution in [0.25, 0.3) is 0 Å². The van der Waals surface area contributed by atoms with Crippen LogP contribution in [0.5, 0.6) is 5.75 Å². The number of hydrogen-bond donors (Lipinski definition) is 1. The number of amides is 2. The molecule has 1 aromatic rings. The van der Waals surface area contributed by atoms with Gasteiger partial charge in [0, 0.05) is 4.75 Å². The molecule has 1 aromatic carbocycles. The first kappa shape index (κ1) is 17.5. The van der Waals surface area contributed by atoms with E-state index in [9.17, 15) is 10.1 Å². The first-order chi connectivity index (χ1) is 10.8. The zero-order valence-electron chi connectivity index (χ0n) is 14.2. The van der Waals surface area contributed by atoms with E-state index < -0.39 is 6.04 Å². The number of urea groups is 1. The van der Waals surface area contributed by atoms with Crippen molar-refractivity contribution in [3.8, 4) is 11.8 Å². The molecule has 124 valence electrons. The lowest BCUT2D eigenvalue weighted by Gasteiger charge is -2.29. The Balaban J connectivity index is 2.30. The zero-order valence-corrected chi connectivity index (χ0v) is 15.0. The first-order valence-corrected chi connectivity index (χ1v) is 8.49. The molecule has 1 aliphatic rings. The van der Waals surface area contributed by atoms with Crippen molar-refractivity contribution in [1.82, 2.24) is 4.90 Å². The molecule has 2 unspecified atom stereocenters. The predicted octanol–water partition coefficient (Wildman–Crippen LogP) is 3.93. The largest absolute Gasteiger partial charge is 0.495 e. The van der Waals surface area contributed by atoms with Crippen LogP contribution in [0.1, 0.15) is 27.7 Å². The molecule has 0 bridgehead atoms. The second kappa shape index (κ2) is 6.71. The van der Waals surface area contributed by atoms with Crippen molar-refractivity contribution in [2.45, 2.75) is 43.9 Å². The molecular weight excluding hydrogens is 310 g/mol. The Hall–Kier alpha value is -1.87. The van der Waals surface area contributed by atoms with Gasteiger partial charge in [0.15, 0.2) is 0 Å². The van der Waals surface area contributed by atoms with Gasteiger partial charge in [0.2, 0.25) is 0 Å². The third kappa shape index (κ3) is 3.40. The highest BCUT2D eigenvalue weighted by Crippen LogP contribution is 2.47. The Morgan fingerprint density at radius 3 is 2.65 bits per heavy atom. The fourth-order valence-electron chi connectivity index (χ4n) is 2.75.